The van der Waals surface area contributed by atoms with Crippen LogP contribution < -0.4 is 9.47 Å². The van der Waals surface area contributed by atoms with Crippen molar-refractivity contribution in [1.29, 1.82) is 0 Å². The molecule has 0 unspecified atom stereocenters. The Morgan fingerprint density at radius 2 is 1.50 bits per heavy atom. The van der Waals surface area contributed by atoms with Gasteiger partial charge in [-0.3, -0.25) is 0 Å². The lowest BCUT2D eigenvalue weighted by Gasteiger charge is -2.13. The molecule has 3 heteroatoms. The molecule has 3 nitrogen and oxygen atoms in total. The van der Waals surface area contributed by atoms with Gasteiger partial charge >= 0.3 is 0 Å². The Morgan fingerprint density at radius 3 is 2.19 bits per heavy atom. The predicted octanol–water partition coefficient (Wildman–Crippen LogP) is 5.68. The van der Waals surface area contributed by atoms with Gasteiger partial charge in [-0.2, -0.15) is 0 Å². The fraction of sp³-hybridized carbons (Fsp3) is 0.130. The van der Waals surface area contributed by atoms with E-state index in [1.807, 2.05) is 79.7 Å². The Labute approximate surface area is 154 Å². The van der Waals surface area contributed by atoms with E-state index in [-0.39, 0.29) is 5.76 Å². The maximum atomic E-state index is 9.83. The van der Waals surface area contributed by atoms with E-state index >= 15 is 0 Å². The van der Waals surface area contributed by atoms with Crippen LogP contribution in [0.15, 0.2) is 79.4 Å². The molecule has 0 atom stereocenters. The largest absolute Gasteiger partial charge is 0.508 e. The zero-order valence-electron chi connectivity index (χ0n) is 14.8. The van der Waals surface area contributed by atoms with Crippen molar-refractivity contribution in [3.63, 3.8) is 0 Å². The molecule has 3 rings (SSSR count). The molecular formula is C23H22O3. The van der Waals surface area contributed by atoms with Gasteiger partial charge in [-0.05, 0) is 30.2 Å². The molecule has 0 bridgehead atoms. The molecule has 3 aromatic rings. The van der Waals surface area contributed by atoms with Crippen LogP contribution in [0.2, 0.25) is 0 Å². The van der Waals surface area contributed by atoms with Gasteiger partial charge in [0.05, 0.1) is 0 Å². The minimum absolute atomic E-state index is 0.0571. The number of benzene rings is 3. The summed E-state index contributed by atoms with van der Waals surface area (Å²) in [6, 6.07) is 23.4. The lowest BCUT2D eigenvalue weighted by atomic mass is 10.0. The fourth-order valence-electron chi connectivity index (χ4n) is 2.82. The van der Waals surface area contributed by atoms with Crippen LogP contribution in [-0.2, 0) is 13.2 Å². The number of hydrogen-bond acceptors (Lipinski definition) is 3. The van der Waals surface area contributed by atoms with Crippen LogP contribution in [0.4, 0.5) is 0 Å². The molecule has 0 aliphatic carbocycles. The summed E-state index contributed by atoms with van der Waals surface area (Å²) >= 11 is 0. The quantitative estimate of drug-likeness (QED) is 0.559. The van der Waals surface area contributed by atoms with E-state index in [1.165, 1.54) is 0 Å². The van der Waals surface area contributed by atoms with Crippen LogP contribution in [-0.4, -0.2) is 5.11 Å². The Kier molecular flexibility index (Phi) is 5.59. The summed E-state index contributed by atoms with van der Waals surface area (Å²) in [6.07, 6.45) is 0. The maximum Gasteiger partial charge on any atom is 0.123 e. The average Bonchev–Trinajstić information content (AvgIpc) is 2.65. The second-order valence-corrected chi connectivity index (χ2v) is 6.09. The first-order valence-corrected chi connectivity index (χ1v) is 8.50. The summed E-state index contributed by atoms with van der Waals surface area (Å²) in [5, 5.41) is 9.83. The van der Waals surface area contributed by atoms with E-state index < -0.39 is 0 Å². The predicted molar refractivity (Wildman–Crippen MR) is 104 cm³/mol. The molecule has 1 N–H and O–H groups in total. The van der Waals surface area contributed by atoms with E-state index in [9.17, 15) is 5.11 Å². The summed E-state index contributed by atoms with van der Waals surface area (Å²) in [4.78, 5) is 0. The molecule has 0 aromatic heterocycles. The van der Waals surface area contributed by atoms with Crippen LogP contribution in [0.3, 0.4) is 0 Å². The highest BCUT2D eigenvalue weighted by Crippen LogP contribution is 2.24. The topological polar surface area (TPSA) is 38.7 Å². The Morgan fingerprint density at radius 1 is 0.846 bits per heavy atom. The van der Waals surface area contributed by atoms with E-state index in [2.05, 4.69) is 6.58 Å². The molecule has 0 fully saturated rings. The molecular weight excluding hydrogens is 324 g/mol. The first kappa shape index (κ1) is 17.6. The molecule has 0 saturated heterocycles. The normalized spacial score (nSPS) is 10.3. The first-order chi connectivity index (χ1) is 12.6. The zero-order chi connectivity index (χ0) is 18.4. The number of aryl methyl sites for hydroxylation is 1. The maximum absolute atomic E-state index is 9.83. The smallest absolute Gasteiger partial charge is 0.123 e. The van der Waals surface area contributed by atoms with E-state index in [0.717, 1.165) is 28.0 Å². The lowest BCUT2D eigenvalue weighted by Crippen LogP contribution is -2.02. The third-order valence-electron chi connectivity index (χ3n) is 4.10. The molecule has 0 aliphatic heterocycles. The average molecular weight is 346 g/mol. The van der Waals surface area contributed by atoms with Gasteiger partial charge in [-0.1, -0.05) is 61.2 Å². The van der Waals surface area contributed by atoms with Gasteiger partial charge in [0.15, 0.2) is 0 Å². The van der Waals surface area contributed by atoms with Crippen molar-refractivity contribution >= 4 is 5.76 Å². The van der Waals surface area contributed by atoms with Crippen LogP contribution in [0, 0.1) is 6.92 Å². The first-order valence-electron chi connectivity index (χ1n) is 8.50. The fourth-order valence-corrected chi connectivity index (χ4v) is 2.82. The van der Waals surface area contributed by atoms with Crippen molar-refractivity contribution in [3.8, 4) is 11.5 Å². The number of aliphatic hydroxyl groups excluding tert-OH is 1. The van der Waals surface area contributed by atoms with Gasteiger partial charge in [-0.15, -0.1) is 0 Å². The van der Waals surface area contributed by atoms with Crippen LogP contribution >= 0.6 is 0 Å². The van der Waals surface area contributed by atoms with Gasteiger partial charge in [-0.25, -0.2) is 0 Å². The van der Waals surface area contributed by atoms with Crippen LogP contribution in [0.5, 0.6) is 11.5 Å². The summed E-state index contributed by atoms with van der Waals surface area (Å²) in [6.45, 7) is 6.45. The van der Waals surface area contributed by atoms with Gasteiger partial charge in [0.1, 0.15) is 30.5 Å². The monoisotopic (exact) mass is 346 g/mol. The highest BCUT2D eigenvalue weighted by Gasteiger charge is 2.09. The molecule has 132 valence electrons. The minimum Gasteiger partial charge on any atom is -0.508 e. The van der Waals surface area contributed by atoms with Crippen molar-refractivity contribution in [2.45, 2.75) is 20.1 Å². The van der Waals surface area contributed by atoms with Gasteiger partial charge in [0, 0.05) is 17.2 Å². The SMILES string of the molecule is C=C(O)c1c(C)cccc1COc1cccc(OCc2ccccc2)c1. The highest BCUT2D eigenvalue weighted by molar-refractivity contribution is 5.63. The zero-order valence-corrected chi connectivity index (χ0v) is 14.8. The van der Waals surface area contributed by atoms with Crippen LogP contribution in [0.1, 0.15) is 22.3 Å². The van der Waals surface area contributed by atoms with Gasteiger partial charge in [0.2, 0.25) is 0 Å². The Bertz CT molecular complexity index is 885. The second kappa shape index (κ2) is 8.26. The summed E-state index contributed by atoms with van der Waals surface area (Å²) in [5.41, 5.74) is 3.72. The van der Waals surface area contributed by atoms with E-state index in [4.69, 9.17) is 9.47 Å². The van der Waals surface area contributed by atoms with Crippen LogP contribution in [0.25, 0.3) is 5.76 Å². The lowest BCUT2D eigenvalue weighted by molar-refractivity contribution is 0.289. The van der Waals surface area contributed by atoms with Crippen molar-refractivity contribution in [2.24, 2.45) is 0 Å². The van der Waals surface area contributed by atoms with Crippen molar-refractivity contribution < 1.29 is 14.6 Å². The van der Waals surface area contributed by atoms with E-state index in [1.54, 1.807) is 0 Å². The molecule has 0 spiro atoms. The number of rotatable bonds is 7. The second-order valence-electron chi connectivity index (χ2n) is 6.09. The number of aliphatic hydroxyl groups is 1. The van der Waals surface area contributed by atoms with Crippen molar-refractivity contribution in [1.82, 2.24) is 0 Å². The minimum atomic E-state index is 0.0571. The number of hydrogen-bond donors (Lipinski definition) is 1. The third-order valence-corrected chi connectivity index (χ3v) is 4.10. The molecule has 0 aliphatic rings. The molecule has 0 heterocycles. The van der Waals surface area contributed by atoms with E-state index in [0.29, 0.717) is 19.0 Å². The van der Waals surface area contributed by atoms with Crippen molar-refractivity contribution in [2.75, 3.05) is 0 Å². The summed E-state index contributed by atoms with van der Waals surface area (Å²) in [5.74, 6) is 1.52. The van der Waals surface area contributed by atoms with Crippen molar-refractivity contribution in [3.05, 3.63) is 102 Å². The standard InChI is InChI=1S/C23H22O3/c1-17-8-6-11-20(23(17)18(2)24)16-26-22-13-7-12-21(14-22)25-15-19-9-4-3-5-10-19/h3-14,24H,2,15-16H2,1H3. The third kappa shape index (κ3) is 4.45. The molecule has 3 aromatic carbocycles. The number of ether oxygens (including phenoxy) is 2. The van der Waals surface area contributed by atoms with Gasteiger partial charge in [0.25, 0.3) is 0 Å². The molecule has 0 radical (unpaired) electrons. The summed E-state index contributed by atoms with van der Waals surface area (Å²) < 4.78 is 11.7. The molecule has 0 saturated carbocycles. The highest BCUT2D eigenvalue weighted by atomic mass is 16.5. The molecule has 26 heavy (non-hydrogen) atoms. The Hall–Kier alpha value is -3.20. The van der Waals surface area contributed by atoms with Gasteiger partial charge < -0.3 is 14.6 Å². The summed E-state index contributed by atoms with van der Waals surface area (Å²) in [7, 11) is 0. The Balaban J connectivity index is 1.66. The molecule has 0 amide bonds.